The fourth-order valence-corrected chi connectivity index (χ4v) is 1.44. The van der Waals surface area contributed by atoms with Crippen molar-refractivity contribution in [1.29, 1.82) is 0 Å². The number of phenolic OH excluding ortho intramolecular Hbond substituents is 2. The summed E-state index contributed by atoms with van der Waals surface area (Å²) in [6, 6.07) is 10.7. The van der Waals surface area contributed by atoms with Crippen LogP contribution in [-0.2, 0) is 4.74 Å². The molecule has 0 amide bonds. The normalized spacial score (nSPS) is 9.26. The number of carboxylic acids is 2. The number of hydrogen-bond acceptors (Lipinski definition) is 7. The fourth-order valence-electron chi connectivity index (χ4n) is 1.44. The summed E-state index contributed by atoms with van der Waals surface area (Å²) in [6.07, 6.45) is 0. The molecule has 2 aromatic carbocycles. The Balaban J connectivity index is 0.000000384. The number of aromatic carboxylic acids is 2. The number of rotatable bonds is 6. The molecule has 0 bridgehead atoms. The first-order chi connectivity index (χ1) is 12.8. The average Bonchev–Trinajstić information content (AvgIpc) is 2.64. The standard InChI is InChI=1S/2C7H6O3.C4H10O3/c2*8-6-3-1-5(2-4-6)7(9)10;5-1-3-7-4-2-6/h2*1-4,8H,(H,9,10);5-6H,1-4H2. The van der Waals surface area contributed by atoms with Crippen LogP contribution in [0.4, 0.5) is 0 Å². The molecule has 0 spiro atoms. The van der Waals surface area contributed by atoms with Crippen LogP contribution >= 0.6 is 0 Å². The highest BCUT2D eigenvalue weighted by Gasteiger charge is 2.00. The SMILES string of the molecule is O=C(O)c1ccc(O)cc1.O=C(O)c1ccc(O)cc1.OCCOCCO. The molecule has 0 unspecified atom stereocenters. The summed E-state index contributed by atoms with van der Waals surface area (Å²) >= 11 is 0. The molecule has 0 aliphatic heterocycles. The molecule has 9 nitrogen and oxygen atoms in total. The van der Waals surface area contributed by atoms with Gasteiger partial charge in [-0.25, -0.2) is 9.59 Å². The van der Waals surface area contributed by atoms with E-state index in [2.05, 4.69) is 4.74 Å². The molecule has 0 fully saturated rings. The van der Waals surface area contributed by atoms with E-state index in [-0.39, 0.29) is 35.8 Å². The van der Waals surface area contributed by atoms with Crippen molar-refractivity contribution >= 4 is 11.9 Å². The van der Waals surface area contributed by atoms with Crippen LogP contribution in [0.3, 0.4) is 0 Å². The number of phenols is 2. The smallest absolute Gasteiger partial charge is 0.335 e. The van der Waals surface area contributed by atoms with Gasteiger partial charge in [-0.3, -0.25) is 0 Å². The summed E-state index contributed by atoms with van der Waals surface area (Å²) in [4.78, 5) is 20.5. The van der Waals surface area contributed by atoms with Crippen molar-refractivity contribution in [3.63, 3.8) is 0 Å². The van der Waals surface area contributed by atoms with Gasteiger partial charge in [-0.15, -0.1) is 0 Å². The Morgan fingerprint density at radius 3 is 1.19 bits per heavy atom. The highest BCUT2D eigenvalue weighted by molar-refractivity contribution is 5.88. The molecule has 2 rings (SSSR count). The Bertz CT molecular complexity index is 607. The topological polar surface area (TPSA) is 165 Å². The minimum Gasteiger partial charge on any atom is -0.508 e. The van der Waals surface area contributed by atoms with Gasteiger partial charge >= 0.3 is 11.9 Å². The monoisotopic (exact) mass is 382 g/mol. The molecule has 2 aromatic rings. The lowest BCUT2D eigenvalue weighted by Crippen LogP contribution is -2.03. The first kappa shape index (κ1) is 23.9. The molecule has 0 saturated carbocycles. The van der Waals surface area contributed by atoms with Crippen molar-refractivity contribution in [2.45, 2.75) is 0 Å². The molecule has 0 atom stereocenters. The summed E-state index contributed by atoms with van der Waals surface area (Å²) in [7, 11) is 0. The predicted molar refractivity (Wildman–Crippen MR) is 95.1 cm³/mol. The Morgan fingerprint density at radius 2 is 0.963 bits per heavy atom. The summed E-state index contributed by atoms with van der Waals surface area (Å²) in [5.74, 6) is -1.82. The maximum Gasteiger partial charge on any atom is 0.335 e. The Labute approximate surface area is 155 Å². The van der Waals surface area contributed by atoms with Gasteiger partial charge in [-0.05, 0) is 48.5 Å². The third-order valence-electron chi connectivity index (χ3n) is 2.70. The van der Waals surface area contributed by atoms with Crippen LogP contribution in [-0.4, -0.2) is 69.0 Å². The van der Waals surface area contributed by atoms with Crippen LogP contribution in [0.15, 0.2) is 48.5 Å². The zero-order valence-corrected chi connectivity index (χ0v) is 14.4. The van der Waals surface area contributed by atoms with Gasteiger partial charge in [0.05, 0.1) is 37.6 Å². The minimum absolute atomic E-state index is 0.0278. The highest BCUT2D eigenvalue weighted by atomic mass is 16.5. The zero-order chi connectivity index (χ0) is 20.7. The lowest BCUT2D eigenvalue weighted by atomic mass is 10.2. The second-order valence-electron chi connectivity index (χ2n) is 4.76. The van der Waals surface area contributed by atoms with Gasteiger partial charge in [0.1, 0.15) is 11.5 Å². The van der Waals surface area contributed by atoms with Crippen LogP contribution < -0.4 is 0 Å². The Kier molecular flexibility index (Phi) is 12.4. The van der Waals surface area contributed by atoms with E-state index in [1.807, 2.05) is 0 Å². The first-order valence-corrected chi connectivity index (χ1v) is 7.66. The van der Waals surface area contributed by atoms with Gasteiger partial charge in [-0.2, -0.15) is 0 Å². The number of carbonyl (C=O) groups is 2. The number of aliphatic hydroxyl groups excluding tert-OH is 2. The molecule has 0 heterocycles. The molecule has 0 aromatic heterocycles. The number of aromatic hydroxyl groups is 2. The van der Waals surface area contributed by atoms with Crippen LogP contribution in [0, 0.1) is 0 Å². The Hall–Kier alpha value is -3.14. The van der Waals surface area contributed by atoms with E-state index >= 15 is 0 Å². The van der Waals surface area contributed by atoms with Crippen LogP contribution in [0.5, 0.6) is 11.5 Å². The average molecular weight is 382 g/mol. The van der Waals surface area contributed by atoms with Gasteiger partial charge in [-0.1, -0.05) is 0 Å². The minimum atomic E-state index is -0.986. The quantitative estimate of drug-likeness (QED) is 0.402. The van der Waals surface area contributed by atoms with Crippen LogP contribution in [0.25, 0.3) is 0 Å². The lowest BCUT2D eigenvalue weighted by Gasteiger charge is -1.94. The summed E-state index contributed by atoms with van der Waals surface area (Å²) < 4.78 is 4.63. The fraction of sp³-hybridized carbons (Fsp3) is 0.222. The molecule has 0 saturated heterocycles. The van der Waals surface area contributed by atoms with Gasteiger partial charge in [0.15, 0.2) is 0 Å². The lowest BCUT2D eigenvalue weighted by molar-refractivity contribution is 0.0650. The second-order valence-corrected chi connectivity index (χ2v) is 4.76. The van der Waals surface area contributed by atoms with E-state index in [0.717, 1.165) is 0 Å². The van der Waals surface area contributed by atoms with Gasteiger partial charge in [0.25, 0.3) is 0 Å². The number of hydrogen-bond donors (Lipinski definition) is 6. The maximum atomic E-state index is 10.2. The van der Waals surface area contributed by atoms with Crippen molar-refractivity contribution in [2.75, 3.05) is 26.4 Å². The first-order valence-electron chi connectivity index (χ1n) is 7.66. The van der Waals surface area contributed by atoms with Crippen LogP contribution in [0.2, 0.25) is 0 Å². The van der Waals surface area contributed by atoms with Crippen LogP contribution in [0.1, 0.15) is 20.7 Å². The van der Waals surface area contributed by atoms with Crippen molar-refractivity contribution in [2.24, 2.45) is 0 Å². The third-order valence-corrected chi connectivity index (χ3v) is 2.70. The van der Waals surface area contributed by atoms with Crippen molar-refractivity contribution in [1.82, 2.24) is 0 Å². The van der Waals surface area contributed by atoms with Gasteiger partial charge < -0.3 is 35.4 Å². The van der Waals surface area contributed by atoms with Crippen molar-refractivity contribution < 1.29 is 45.0 Å². The largest absolute Gasteiger partial charge is 0.508 e. The summed E-state index contributed by atoms with van der Waals surface area (Å²) in [5.41, 5.74) is 0.357. The van der Waals surface area contributed by atoms with Gasteiger partial charge in [0.2, 0.25) is 0 Å². The van der Waals surface area contributed by atoms with E-state index in [9.17, 15) is 9.59 Å². The van der Waals surface area contributed by atoms with E-state index in [1.54, 1.807) is 0 Å². The Morgan fingerprint density at radius 1 is 0.667 bits per heavy atom. The number of benzene rings is 2. The molecule has 6 N–H and O–H groups in total. The summed E-state index contributed by atoms with van der Waals surface area (Å²) in [6.45, 7) is 0.696. The second kappa shape index (κ2) is 14.1. The molecule has 0 aliphatic rings. The van der Waals surface area contributed by atoms with E-state index in [4.69, 9.17) is 30.6 Å². The zero-order valence-electron chi connectivity index (χ0n) is 14.4. The summed E-state index contributed by atoms with van der Waals surface area (Å²) in [5, 5.41) is 50.5. The molecule has 148 valence electrons. The molecule has 0 aliphatic carbocycles. The molecule has 0 radical (unpaired) electrons. The third kappa shape index (κ3) is 11.9. The maximum absolute atomic E-state index is 10.2. The number of carboxylic acid groups (broad SMARTS) is 2. The number of aliphatic hydroxyl groups is 2. The van der Waals surface area contributed by atoms with E-state index in [1.165, 1.54) is 48.5 Å². The molecular weight excluding hydrogens is 360 g/mol. The highest BCUT2D eigenvalue weighted by Crippen LogP contribution is 2.09. The molecular formula is C18H22O9. The molecule has 27 heavy (non-hydrogen) atoms. The van der Waals surface area contributed by atoms with Crippen molar-refractivity contribution in [3.8, 4) is 11.5 Å². The number of ether oxygens (including phenoxy) is 1. The van der Waals surface area contributed by atoms with E-state index < -0.39 is 11.9 Å². The van der Waals surface area contributed by atoms with Gasteiger partial charge in [0, 0.05) is 0 Å². The molecule has 9 heteroatoms. The van der Waals surface area contributed by atoms with E-state index in [0.29, 0.717) is 13.2 Å². The van der Waals surface area contributed by atoms with Crippen molar-refractivity contribution in [3.05, 3.63) is 59.7 Å². The predicted octanol–water partition coefficient (Wildman–Crippen LogP) is 1.17.